The fourth-order valence-corrected chi connectivity index (χ4v) is 3.36. The molecule has 1 atom stereocenters. The van der Waals surface area contributed by atoms with Crippen LogP contribution < -0.4 is 19.7 Å². The van der Waals surface area contributed by atoms with Crippen molar-refractivity contribution in [1.29, 1.82) is 0 Å². The van der Waals surface area contributed by atoms with E-state index in [1.165, 1.54) is 14.2 Å². The van der Waals surface area contributed by atoms with E-state index in [9.17, 15) is 9.59 Å². The lowest BCUT2D eigenvalue weighted by molar-refractivity contribution is -0.121. The van der Waals surface area contributed by atoms with E-state index >= 15 is 0 Å². The summed E-state index contributed by atoms with van der Waals surface area (Å²) in [6.45, 7) is 0.342. The molecule has 2 aromatic rings. The fourth-order valence-electron chi connectivity index (χ4n) is 2.88. The normalized spacial score (nSPS) is 16.7. The first-order valence-corrected chi connectivity index (χ1v) is 8.95. The Kier molecular flexibility index (Phi) is 5.89. The van der Waals surface area contributed by atoms with Crippen LogP contribution in [-0.2, 0) is 16.1 Å². The SMILES string of the molecule is COc1cc(OC)cc(N2C(=O)CC(NCc3ccc(Cl)cc3Cl)C2=O)c1. The van der Waals surface area contributed by atoms with Crippen molar-refractivity contribution in [2.24, 2.45) is 0 Å². The molecule has 0 aliphatic carbocycles. The molecule has 8 heteroatoms. The number of amides is 2. The summed E-state index contributed by atoms with van der Waals surface area (Å²) in [6.07, 6.45) is 0.0591. The summed E-state index contributed by atoms with van der Waals surface area (Å²) in [5.41, 5.74) is 1.21. The maximum atomic E-state index is 12.8. The molecule has 6 nitrogen and oxygen atoms in total. The van der Waals surface area contributed by atoms with Crippen molar-refractivity contribution in [2.75, 3.05) is 19.1 Å². The van der Waals surface area contributed by atoms with Crippen molar-refractivity contribution in [1.82, 2.24) is 5.32 Å². The highest BCUT2D eigenvalue weighted by molar-refractivity contribution is 6.35. The van der Waals surface area contributed by atoms with E-state index in [1.54, 1.807) is 36.4 Å². The van der Waals surface area contributed by atoms with E-state index in [-0.39, 0.29) is 18.2 Å². The van der Waals surface area contributed by atoms with Crippen LogP contribution in [0.15, 0.2) is 36.4 Å². The molecule has 0 radical (unpaired) electrons. The Hall–Kier alpha value is -2.28. The molecule has 142 valence electrons. The summed E-state index contributed by atoms with van der Waals surface area (Å²) in [4.78, 5) is 26.4. The van der Waals surface area contributed by atoms with Crippen LogP contribution in [0.3, 0.4) is 0 Å². The van der Waals surface area contributed by atoms with Gasteiger partial charge in [-0.05, 0) is 17.7 Å². The first kappa shape index (κ1) is 19.5. The minimum absolute atomic E-state index is 0.0591. The van der Waals surface area contributed by atoms with Crippen LogP contribution in [0, 0.1) is 0 Å². The van der Waals surface area contributed by atoms with Gasteiger partial charge in [-0.2, -0.15) is 0 Å². The van der Waals surface area contributed by atoms with Gasteiger partial charge in [-0.1, -0.05) is 29.3 Å². The Morgan fingerprint density at radius 3 is 2.33 bits per heavy atom. The molecule has 0 saturated carbocycles. The van der Waals surface area contributed by atoms with E-state index in [1.807, 2.05) is 0 Å². The van der Waals surface area contributed by atoms with Gasteiger partial charge in [-0.25, -0.2) is 4.90 Å². The molecule has 0 bridgehead atoms. The van der Waals surface area contributed by atoms with Gasteiger partial charge in [-0.3, -0.25) is 9.59 Å². The van der Waals surface area contributed by atoms with Gasteiger partial charge in [-0.15, -0.1) is 0 Å². The third kappa shape index (κ3) is 4.18. The molecule has 1 aliphatic heterocycles. The maximum absolute atomic E-state index is 12.8. The Morgan fingerprint density at radius 1 is 1.07 bits per heavy atom. The standard InChI is InChI=1S/C19H18Cl2N2O4/c1-26-14-6-13(7-15(8-14)27-2)23-18(24)9-17(19(23)25)22-10-11-3-4-12(20)5-16(11)21/h3-8,17,22H,9-10H2,1-2H3. The van der Waals surface area contributed by atoms with E-state index < -0.39 is 6.04 Å². The second kappa shape index (κ2) is 8.17. The molecule has 1 saturated heterocycles. The zero-order valence-corrected chi connectivity index (χ0v) is 16.3. The Bertz CT molecular complexity index is 866. The number of ether oxygens (including phenoxy) is 2. The summed E-state index contributed by atoms with van der Waals surface area (Å²) < 4.78 is 10.4. The number of hydrogen-bond acceptors (Lipinski definition) is 5. The first-order chi connectivity index (χ1) is 12.9. The van der Waals surface area contributed by atoms with Gasteiger partial charge in [0.2, 0.25) is 5.91 Å². The van der Waals surface area contributed by atoms with Gasteiger partial charge < -0.3 is 14.8 Å². The van der Waals surface area contributed by atoms with Crippen LogP contribution in [0.25, 0.3) is 0 Å². The van der Waals surface area contributed by atoms with Crippen molar-refractivity contribution in [3.8, 4) is 11.5 Å². The Balaban J connectivity index is 1.77. The number of hydrogen-bond donors (Lipinski definition) is 1. The molecule has 2 amide bonds. The van der Waals surface area contributed by atoms with Crippen molar-refractivity contribution in [2.45, 2.75) is 19.0 Å². The van der Waals surface area contributed by atoms with Gasteiger partial charge in [0.15, 0.2) is 0 Å². The lowest BCUT2D eigenvalue weighted by atomic mass is 10.2. The molecule has 0 spiro atoms. The number of carbonyl (C=O) groups excluding carboxylic acids is 2. The average Bonchev–Trinajstić information content (AvgIpc) is 2.94. The number of rotatable bonds is 6. The Morgan fingerprint density at radius 2 is 1.74 bits per heavy atom. The number of nitrogens with zero attached hydrogens (tertiary/aromatic N) is 1. The first-order valence-electron chi connectivity index (χ1n) is 8.20. The minimum Gasteiger partial charge on any atom is -0.497 e. The predicted molar refractivity (Wildman–Crippen MR) is 104 cm³/mol. The molecular weight excluding hydrogens is 391 g/mol. The summed E-state index contributed by atoms with van der Waals surface area (Å²) >= 11 is 12.0. The number of nitrogens with one attached hydrogen (secondary N) is 1. The molecule has 1 heterocycles. The number of methoxy groups -OCH3 is 2. The number of imide groups is 1. The number of benzene rings is 2. The second-order valence-corrected chi connectivity index (χ2v) is 6.86. The monoisotopic (exact) mass is 408 g/mol. The summed E-state index contributed by atoms with van der Waals surface area (Å²) in [6, 6.07) is 9.42. The highest BCUT2D eigenvalue weighted by atomic mass is 35.5. The minimum atomic E-state index is -0.638. The summed E-state index contributed by atoms with van der Waals surface area (Å²) in [5.74, 6) is 0.360. The molecule has 27 heavy (non-hydrogen) atoms. The third-order valence-electron chi connectivity index (χ3n) is 4.30. The topological polar surface area (TPSA) is 67.9 Å². The largest absolute Gasteiger partial charge is 0.497 e. The van der Waals surface area contributed by atoms with Crippen molar-refractivity contribution in [3.63, 3.8) is 0 Å². The van der Waals surface area contributed by atoms with Crippen LogP contribution in [0.2, 0.25) is 10.0 Å². The lowest BCUT2D eigenvalue weighted by Crippen LogP contribution is -2.38. The smallest absolute Gasteiger partial charge is 0.251 e. The van der Waals surface area contributed by atoms with Crippen LogP contribution in [0.5, 0.6) is 11.5 Å². The summed E-state index contributed by atoms with van der Waals surface area (Å²) in [7, 11) is 3.01. The molecule has 1 aliphatic rings. The van der Waals surface area contributed by atoms with Gasteiger partial charge >= 0.3 is 0 Å². The quantitative estimate of drug-likeness (QED) is 0.741. The van der Waals surface area contributed by atoms with Crippen LogP contribution in [0.4, 0.5) is 5.69 Å². The summed E-state index contributed by atoms with van der Waals surface area (Å²) in [5, 5.41) is 4.13. The van der Waals surface area contributed by atoms with Gasteiger partial charge in [0.1, 0.15) is 11.5 Å². The lowest BCUT2D eigenvalue weighted by Gasteiger charge is -2.17. The molecule has 1 fully saturated rings. The highest BCUT2D eigenvalue weighted by Crippen LogP contribution is 2.31. The van der Waals surface area contributed by atoms with E-state index in [2.05, 4.69) is 5.32 Å². The maximum Gasteiger partial charge on any atom is 0.251 e. The third-order valence-corrected chi connectivity index (χ3v) is 4.88. The molecule has 1 unspecified atom stereocenters. The molecule has 0 aromatic heterocycles. The zero-order chi connectivity index (χ0) is 19.6. The van der Waals surface area contributed by atoms with Crippen molar-refractivity contribution >= 4 is 40.7 Å². The van der Waals surface area contributed by atoms with Crippen LogP contribution in [-0.4, -0.2) is 32.1 Å². The zero-order valence-electron chi connectivity index (χ0n) is 14.8. The molecule has 2 aromatic carbocycles. The molecule has 1 N–H and O–H groups in total. The van der Waals surface area contributed by atoms with Gasteiger partial charge in [0.05, 0.1) is 32.4 Å². The molecule has 3 rings (SSSR count). The predicted octanol–water partition coefficient (Wildman–Crippen LogP) is 3.43. The Labute approximate surface area is 167 Å². The van der Waals surface area contributed by atoms with E-state index in [0.29, 0.717) is 33.8 Å². The fraction of sp³-hybridized carbons (Fsp3) is 0.263. The van der Waals surface area contributed by atoms with Gasteiger partial charge in [0.25, 0.3) is 5.91 Å². The second-order valence-electron chi connectivity index (χ2n) is 6.01. The van der Waals surface area contributed by atoms with Crippen LogP contribution in [0.1, 0.15) is 12.0 Å². The number of halogens is 2. The van der Waals surface area contributed by atoms with Crippen molar-refractivity contribution in [3.05, 3.63) is 52.0 Å². The van der Waals surface area contributed by atoms with Gasteiger partial charge in [0, 0.05) is 34.8 Å². The number of anilines is 1. The van der Waals surface area contributed by atoms with E-state index in [0.717, 1.165) is 10.5 Å². The average molecular weight is 409 g/mol. The number of carbonyl (C=O) groups is 2. The van der Waals surface area contributed by atoms with Crippen molar-refractivity contribution < 1.29 is 19.1 Å². The molecular formula is C19H18Cl2N2O4. The van der Waals surface area contributed by atoms with Crippen LogP contribution >= 0.6 is 23.2 Å². The van der Waals surface area contributed by atoms with E-state index in [4.69, 9.17) is 32.7 Å². The highest BCUT2D eigenvalue weighted by Gasteiger charge is 2.39.